The average molecular weight is 264 g/mol. The van der Waals surface area contributed by atoms with Crippen molar-refractivity contribution in [2.45, 2.75) is 31.2 Å². The molecule has 4 rings (SSSR count). The van der Waals surface area contributed by atoms with E-state index in [1.54, 1.807) is 0 Å². The molecule has 2 heterocycles. The summed E-state index contributed by atoms with van der Waals surface area (Å²) in [4.78, 5) is 2.38. The third-order valence-corrected chi connectivity index (χ3v) is 4.81. The van der Waals surface area contributed by atoms with Crippen molar-refractivity contribution in [3.8, 4) is 0 Å². The normalized spacial score (nSPS) is 31.6. The molecular formula is C15H18F2N2. The van der Waals surface area contributed by atoms with Crippen LogP contribution in [0, 0.1) is 5.92 Å². The Morgan fingerprint density at radius 3 is 2.89 bits per heavy atom. The zero-order valence-corrected chi connectivity index (χ0v) is 10.8. The number of benzene rings is 1. The second-order valence-electron chi connectivity index (χ2n) is 5.99. The van der Waals surface area contributed by atoms with Crippen LogP contribution >= 0.6 is 0 Å². The van der Waals surface area contributed by atoms with E-state index in [9.17, 15) is 8.78 Å². The van der Waals surface area contributed by atoms with Gasteiger partial charge >= 0.3 is 0 Å². The van der Waals surface area contributed by atoms with E-state index in [1.165, 1.54) is 11.3 Å². The van der Waals surface area contributed by atoms with Gasteiger partial charge in [0.05, 0.1) is 0 Å². The molecular weight excluding hydrogens is 246 g/mol. The van der Waals surface area contributed by atoms with Crippen molar-refractivity contribution < 1.29 is 8.78 Å². The number of alkyl halides is 2. The molecule has 0 spiro atoms. The van der Waals surface area contributed by atoms with Crippen LogP contribution in [0.5, 0.6) is 0 Å². The van der Waals surface area contributed by atoms with Crippen molar-refractivity contribution >= 4 is 5.69 Å². The SMILES string of the molecule is FC1(F)CC1C1CCN2CCNCc3cccc1c32. The molecule has 0 radical (unpaired) electrons. The van der Waals surface area contributed by atoms with Gasteiger partial charge in [-0.3, -0.25) is 0 Å². The molecule has 2 atom stereocenters. The molecule has 0 aromatic heterocycles. The zero-order valence-electron chi connectivity index (χ0n) is 10.8. The molecule has 0 saturated heterocycles. The van der Waals surface area contributed by atoms with Crippen LogP contribution in [-0.2, 0) is 6.54 Å². The van der Waals surface area contributed by atoms with Crippen LogP contribution in [0.3, 0.4) is 0 Å². The van der Waals surface area contributed by atoms with Gasteiger partial charge in [-0.25, -0.2) is 8.78 Å². The first kappa shape index (κ1) is 11.6. The van der Waals surface area contributed by atoms with Crippen LogP contribution in [0.2, 0.25) is 0 Å². The highest BCUT2D eigenvalue weighted by molar-refractivity contribution is 5.63. The van der Waals surface area contributed by atoms with E-state index in [2.05, 4.69) is 22.3 Å². The number of nitrogens with one attached hydrogen (secondary N) is 1. The van der Waals surface area contributed by atoms with Gasteiger partial charge in [0.1, 0.15) is 0 Å². The maximum absolute atomic E-state index is 13.4. The lowest BCUT2D eigenvalue weighted by Crippen LogP contribution is -2.35. The third-order valence-electron chi connectivity index (χ3n) is 4.81. The average Bonchev–Trinajstić information content (AvgIpc) is 3.08. The van der Waals surface area contributed by atoms with Crippen molar-refractivity contribution in [3.63, 3.8) is 0 Å². The lowest BCUT2D eigenvalue weighted by Gasteiger charge is -2.36. The van der Waals surface area contributed by atoms with Crippen LogP contribution in [0.1, 0.15) is 29.9 Å². The molecule has 1 N–H and O–H groups in total. The molecule has 3 aliphatic rings. The van der Waals surface area contributed by atoms with E-state index in [1.807, 2.05) is 6.07 Å². The fraction of sp³-hybridized carbons (Fsp3) is 0.600. The Balaban J connectivity index is 1.78. The molecule has 1 saturated carbocycles. The number of para-hydroxylation sites is 1. The maximum Gasteiger partial charge on any atom is 0.252 e. The summed E-state index contributed by atoms with van der Waals surface area (Å²) in [7, 11) is 0. The summed E-state index contributed by atoms with van der Waals surface area (Å²) >= 11 is 0. The number of hydrogen-bond donors (Lipinski definition) is 1. The molecule has 2 unspecified atom stereocenters. The molecule has 102 valence electrons. The predicted octanol–water partition coefficient (Wildman–Crippen LogP) is 2.74. The standard InChI is InChI=1S/C15H18F2N2/c16-15(17)8-13(15)11-4-6-19-7-5-18-9-10-2-1-3-12(11)14(10)19/h1-3,11,13,18H,4-9H2. The minimum atomic E-state index is -2.42. The fourth-order valence-electron chi connectivity index (χ4n) is 3.75. The quantitative estimate of drug-likeness (QED) is 0.839. The van der Waals surface area contributed by atoms with Gasteiger partial charge < -0.3 is 10.2 Å². The molecule has 0 amide bonds. The highest BCUT2D eigenvalue weighted by Gasteiger charge is 2.61. The van der Waals surface area contributed by atoms with Crippen LogP contribution in [0.15, 0.2) is 18.2 Å². The summed E-state index contributed by atoms with van der Waals surface area (Å²) < 4.78 is 26.8. The first-order chi connectivity index (χ1) is 9.17. The highest BCUT2D eigenvalue weighted by Crippen LogP contribution is 2.59. The molecule has 1 fully saturated rings. The molecule has 1 aromatic carbocycles. The first-order valence-corrected chi connectivity index (χ1v) is 7.12. The van der Waals surface area contributed by atoms with E-state index < -0.39 is 11.8 Å². The maximum atomic E-state index is 13.4. The largest absolute Gasteiger partial charge is 0.370 e. The summed E-state index contributed by atoms with van der Waals surface area (Å²) in [5.41, 5.74) is 3.67. The number of rotatable bonds is 1. The van der Waals surface area contributed by atoms with Gasteiger partial charge in [0.25, 0.3) is 5.92 Å². The van der Waals surface area contributed by atoms with Gasteiger partial charge in [0.15, 0.2) is 0 Å². The topological polar surface area (TPSA) is 15.3 Å². The summed E-state index contributed by atoms with van der Waals surface area (Å²) in [6.07, 6.45) is 0.955. The summed E-state index contributed by atoms with van der Waals surface area (Å²) in [6.45, 7) is 3.73. The summed E-state index contributed by atoms with van der Waals surface area (Å²) in [6, 6.07) is 6.21. The van der Waals surface area contributed by atoms with Gasteiger partial charge in [-0.05, 0) is 23.5 Å². The smallest absolute Gasteiger partial charge is 0.252 e. The molecule has 19 heavy (non-hydrogen) atoms. The van der Waals surface area contributed by atoms with Crippen LogP contribution in [-0.4, -0.2) is 25.6 Å². The Morgan fingerprint density at radius 2 is 2.11 bits per heavy atom. The minimum absolute atomic E-state index is 0.0549. The van der Waals surface area contributed by atoms with Crippen molar-refractivity contribution in [1.82, 2.24) is 5.32 Å². The molecule has 1 aliphatic carbocycles. The summed E-state index contributed by atoms with van der Waals surface area (Å²) in [5, 5.41) is 3.41. The predicted molar refractivity (Wildman–Crippen MR) is 70.8 cm³/mol. The Kier molecular flexibility index (Phi) is 2.40. The first-order valence-electron chi connectivity index (χ1n) is 7.12. The second-order valence-corrected chi connectivity index (χ2v) is 5.99. The van der Waals surface area contributed by atoms with Crippen LogP contribution in [0.4, 0.5) is 14.5 Å². The number of anilines is 1. The van der Waals surface area contributed by atoms with Crippen LogP contribution < -0.4 is 10.2 Å². The molecule has 0 bridgehead atoms. The summed E-state index contributed by atoms with van der Waals surface area (Å²) in [5.74, 6) is -2.78. The van der Waals surface area contributed by atoms with Gasteiger partial charge in [-0.2, -0.15) is 0 Å². The molecule has 4 heteroatoms. The second kappa shape index (κ2) is 3.92. The van der Waals surface area contributed by atoms with Crippen molar-refractivity contribution in [2.75, 3.05) is 24.5 Å². The zero-order chi connectivity index (χ0) is 13.0. The number of nitrogens with zero attached hydrogens (tertiary/aromatic N) is 1. The van der Waals surface area contributed by atoms with E-state index in [0.717, 1.165) is 38.2 Å². The highest BCUT2D eigenvalue weighted by atomic mass is 19.3. The van der Waals surface area contributed by atoms with Crippen molar-refractivity contribution in [1.29, 1.82) is 0 Å². The van der Waals surface area contributed by atoms with E-state index in [4.69, 9.17) is 0 Å². The number of halogens is 2. The Hall–Kier alpha value is -1.16. The van der Waals surface area contributed by atoms with E-state index in [0.29, 0.717) is 0 Å². The van der Waals surface area contributed by atoms with Gasteiger partial charge in [-0.1, -0.05) is 18.2 Å². The molecule has 2 nitrogen and oxygen atoms in total. The molecule has 2 aliphatic heterocycles. The Labute approximate surface area is 111 Å². The van der Waals surface area contributed by atoms with E-state index >= 15 is 0 Å². The lowest BCUT2D eigenvalue weighted by atomic mass is 9.84. The van der Waals surface area contributed by atoms with Gasteiger partial charge in [0, 0.05) is 44.2 Å². The third kappa shape index (κ3) is 1.76. The van der Waals surface area contributed by atoms with E-state index in [-0.39, 0.29) is 12.3 Å². The van der Waals surface area contributed by atoms with Crippen molar-refractivity contribution in [3.05, 3.63) is 29.3 Å². The monoisotopic (exact) mass is 264 g/mol. The molecule has 1 aromatic rings. The van der Waals surface area contributed by atoms with Crippen LogP contribution in [0.25, 0.3) is 0 Å². The van der Waals surface area contributed by atoms with Crippen molar-refractivity contribution in [2.24, 2.45) is 5.92 Å². The van der Waals surface area contributed by atoms with Gasteiger partial charge in [-0.15, -0.1) is 0 Å². The Bertz CT molecular complexity index is 515. The Morgan fingerprint density at radius 1 is 1.26 bits per heavy atom. The number of hydrogen-bond acceptors (Lipinski definition) is 2. The minimum Gasteiger partial charge on any atom is -0.370 e. The fourth-order valence-corrected chi connectivity index (χ4v) is 3.75. The lowest BCUT2D eigenvalue weighted by molar-refractivity contribution is 0.0917. The van der Waals surface area contributed by atoms with Gasteiger partial charge in [0.2, 0.25) is 0 Å².